The summed E-state index contributed by atoms with van der Waals surface area (Å²) in [6.45, 7) is 5.38. The second-order valence-electron chi connectivity index (χ2n) is 2.71. The van der Waals surface area contributed by atoms with Crippen molar-refractivity contribution in [3.63, 3.8) is 0 Å². The molecule has 0 aliphatic carbocycles. The molecule has 0 aliphatic heterocycles. The molecular formula is C8H15N3O. The zero-order valence-corrected chi connectivity index (χ0v) is 7.53. The number of anilines is 1. The van der Waals surface area contributed by atoms with Gasteiger partial charge in [-0.25, -0.2) is 4.68 Å². The fourth-order valence-corrected chi connectivity index (χ4v) is 1.05. The van der Waals surface area contributed by atoms with E-state index in [1.54, 1.807) is 16.9 Å². The van der Waals surface area contributed by atoms with Crippen LogP contribution in [0.1, 0.15) is 19.9 Å². The monoisotopic (exact) mass is 169 g/mol. The highest BCUT2D eigenvalue weighted by atomic mass is 16.5. The first kappa shape index (κ1) is 9.06. The second kappa shape index (κ2) is 4.11. The van der Waals surface area contributed by atoms with Gasteiger partial charge in [0.15, 0.2) is 0 Å². The highest BCUT2D eigenvalue weighted by Crippen LogP contribution is 2.10. The van der Waals surface area contributed by atoms with Crippen molar-refractivity contribution in [1.29, 1.82) is 0 Å². The molecule has 0 aliphatic rings. The third-order valence-corrected chi connectivity index (χ3v) is 1.68. The first-order chi connectivity index (χ1) is 5.75. The molecule has 68 valence electrons. The van der Waals surface area contributed by atoms with Crippen LogP contribution in [0.4, 0.5) is 5.82 Å². The number of hydrogen-bond donors (Lipinski definition) is 1. The summed E-state index contributed by atoms with van der Waals surface area (Å²) in [6, 6.07) is 1.99. The zero-order valence-electron chi connectivity index (χ0n) is 7.53. The SMILES string of the molecule is CCOCC(C)n1nccc1N. The van der Waals surface area contributed by atoms with Gasteiger partial charge in [0.05, 0.1) is 18.8 Å². The first-order valence-corrected chi connectivity index (χ1v) is 4.12. The Hall–Kier alpha value is -1.03. The van der Waals surface area contributed by atoms with Crippen molar-refractivity contribution >= 4 is 5.82 Å². The van der Waals surface area contributed by atoms with Gasteiger partial charge >= 0.3 is 0 Å². The lowest BCUT2D eigenvalue weighted by atomic mass is 10.4. The maximum atomic E-state index is 5.66. The van der Waals surface area contributed by atoms with E-state index in [0.29, 0.717) is 12.4 Å². The Kier molecular flexibility index (Phi) is 3.10. The van der Waals surface area contributed by atoms with Crippen LogP contribution in [-0.4, -0.2) is 23.0 Å². The Balaban J connectivity index is 2.52. The van der Waals surface area contributed by atoms with Crippen LogP contribution in [0.5, 0.6) is 0 Å². The number of nitrogens with two attached hydrogens (primary N) is 1. The number of hydrogen-bond acceptors (Lipinski definition) is 3. The third kappa shape index (κ3) is 1.98. The molecule has 4 nitrogen and oxygen atoms in total. The van der Waals surface area contributed by atoms with Crippen LogP contribution >= 0.6 is 0 Å². The van der Waals surface area contributed by atoms with Crippen molar-refractivity contribution in [3.8, 4) is 0 Å². The average molecular weight is 169 g/mol. The minimum Gasteiger partial charge on any atom is -0.384 e. The largest absolute Gasteiger partial charge is 0.384 e. The van der Waals surface area contributed by atoms with Crippen molar-refractivity contribution < 1.29 is 4.74 Å². The molecule has 1 aromatic heterocycles. The van der Waals surface area contributed by atoms with Gasteiger partial charge in [0.25, 0.3) is 0 Å². The zero-order chi connectivity index (χ0) is 8.97. The van der Waals surface area contributed by atoms with Crippen LogP contribution in [0.25, 0.3) is 0 Å². The van der Waals surface area contributed by atoms with Gasteiger partial charge in [0.2, 0.25) is 0 Å². The molecule has 1 rings (SSSR count). The minimum atomic E-state index is 0.208. The Morgan fingerprint density at radius 1 is 1.75 bits per heavy atom. The molecule has 0 saturated carbocycles. The number of aromatic nitrogens is 2. The maximum Gasteiger partial charge on any atom is 0.122 e. The molecule has 0 bridgehead atoms. The summed E-state index contributed by atoms with van der Waals surface area (Å²) in [5.74, 6) is 0.683. The highest BCUT2D eigenvalue weighted by molar-refractivity contribution is 5.26. The molecule has 12 heavy (non-hydrogen) atoms. The van der Waals surface area contributed by atoms with Crippen molar-refractivity contribution in [2.75, 3.05) is 18.9 Å². The molecule has 0 aromatic carbocycles. The molecule has 0 amide bonds. The van der Waals surface area contributed by atoms with Gasteiger partial charge in [-0.15, -0.1) is 0 Å². The number of rotatable bonds is 4. The molecule has 0 radical (unpaired) electrons. The summed E-state index contributed by atoms with van der Waals surface area (Å²) in [5, 5.41) is 4.08. The summed E-state index contributed by atoms with van der Waals surface area (Å²) in [6.07, 6.45) is 1.69. The van der Waals surface area contributed by atoms with E-state index in [4.69, 9.17) is 10.5 Å². The van der Waals surface area contributed by atoms with E-state index < -0.39 is 0 Å². The second-order valence-corrected chi connectivity index (χ2v) is 2.71. The van der Waals surface area contributed by atoms with Gasteiger partial charge in [-0.1, -0.05) is 0 Å². The van der Waals surface area contributed by atoms with Gasteiger partial charge < -0.3 is 10.5 Å². The third-order valence-electron chi connectivity index (χ3n) is 1.68. The number of ether oxygens (including phenoxy) is 1. The van der Waals surface area contributed by atoms with Crippen molar-refractivity contribution in [2.24, 2.45) is 0 Å². The fraction of sp³-hybridized carbons (Fsp3) is 0.625. The standard InChI is InChI=1S/C8H15N3O/c1-3-12-6-7(2)11-8(9)4-5-10-11/h4-5,7H,3,6,9H2,1-2H3. The molecule has 1 atom stereocenters. The molecule has 2 N–H and O–H groups in total. The predicted octanol–water partition coefficient (Wildman–Crippen LogP) is 1.06. The van der Waals surface area contributed by atoms with E-state index in [1.807, 2.05) is 13.8 Å². The number of nitrogens with zero attached hydrogens (tertiary/aromatic N) is 2. The lowest BCUT2D eigenvalue weighted by Crippen LogP contribution is -2.15. The van der Waals surface area contributed by atoms with E-state index in [9.17, 15) is 0 Å². The predicted molar refractivity (Wildman–Crippen MR) is 47.8 cm³/mol. The van der Waals surface area contributed by atoms with Gasteiger partial charge in [0, 0.05) is 6.61 Å². The number of nitrogen functional groups attached to an aromatic ring is 1. The highest BCUT2D eigenvalue weighted by Gasteiger charge is 2.06. The summed E-state index contributed by atoms with van der Waals surface area (Å²) < 4.78 is 7.02. The van der Waals surface area contributed by atoms with Crippen molar-refractivity contribution in [2.45, 2.75) is 19.9 Å². The van der Waals surface area contributed by atoms with Crippen LogP contribution in [0, 0.1) is 0 Å². The lowest BCUT2D eigenvalue weighted by Gasteiger charge is -2.12. The Morgan fingerprint density at radius 3 is 3.00 bits per heavy atom. The molecule has 1 aromatic rings. The van der Waals surface area contributed by atoms with Crippen molar-refractivity contribution in [3.05, 3.63) is 12.3 Å². The van der Waals surface area contributed by atoms with Crippen LogP contribution < -0.4 is 5.73 Å². The first-order valence-electron chi connectivity index (χ1n) is 4.12. The van der Waals surface area contributed by atoms with E-state index >= 15 is 0 Å². The summed E-state index contributed by atoms with van der Waals surface area (Å²) in [4.78, 5) is 0. The van der Waals surface area contributed by atoms with Gasteiger partial charge in [-0.2, -0.15) is 5.10 Å². The Morgan fingerprint density at radius 2 is 2.50 bits per heavy atom. The minimum absolute atomic E-state index is 0.208. The molecular weight excluding hydrogens is 154 g/mol. The average Bonchev–Trinajstić information content (AvgIpc) is 2.47. The van der Waals surface area contributed by atoms with E-state index in [1.165, 1.54) is 0 Å². The summed E-state index contributed by atoms with van der Waals surface area (Å²) in [7, 11) is 0. The van der Waals surface area contributed by atoms with Gasteiger partial charge in [0.1, 0.15) is 5.82 Å². The van der Waals surface area contributed by atoms with Gasteiger partial charge in [-0.05, 0) is 19.9 Å². The van der Waals surface area contributed by atoms with Gasteiger partial charge in [-0.3, -0.25) is 0 Å². The Labute approximate surface area is 72.3 Å². The molecule has 0 spiro atoms. The Bertz CT molecular complexity index is 234. The molecule has 1 heterocycles. The normalized spacial score (nSPS) is 13.2. The molecule has 4 heteroatoms. The fourth-order valence-electron chi connectivity index (χ4n) is 1.05. The van der Waals surface area contributed by atoms with Crippen LogP contribution in [0.2, 0.25) is 0 Å². The van der Waals surface area contributed by atoms with E-state index in [0.717, 1.165) is 6.61 Å². The quantitative estimate of drug-likeness (QED) is 0.733. The van der Waals surface area contributed by atoms with Crippen LogP contribution in [0.15, 0.2) is 12.3 Å². The maximum absolute atomic E-state index is 5.66. The smallest absolute Gasteiger partial charge is 0.122 e. The van der Waals surface area contributed by atoms with E-state index in [-0.39, 0.29) is 6.04 Å². The van der Waals surface area contributed by atoms with Crippen molar-refractivity contribution in [1.82, 2.24) is 9.78 Å². The lowest BCUT2D eigenvalue weighted by molar-refractivity contribution is 0.115. The molecule has 0 fully saturated rings. The summed E-state index contributed by atoms with van der Waals surface area (Å²) >= 11 is 0. The summed E-state index contributed by atoms with van der Waals surface area (Å²) in [5.41, 5.74) is 5.66. The topological polar surface area (TPSA) is 53.1 Å². The van der Waals surface area contributed by atoms with Crippen LogP contribution in [-0.2, 0) is 4.74 Å². The van der Waals surface area contributed by atoms with E-state index in [2.05, 4.69) is 5.10 Å². The molecule has 1 unspecified atom stereocenters. The van der Waals surface area contributed by atoms with Crippen LogP contribution in [0.3, 0.4) is 0 Å². The molecule has 0 saturated heterocycles.